The number of nitrogens with one attached hydrogen (secondary N) is 1. The Hall–Kier alpha value is -0.430. The normalized spacial score (nSPS) is 20.6. The van der Waals surface area contributed by atoms with E-state index in [1.54, 1.807) is 10.4 Å². The van der Waals surface area contributed by atoms with Crippen molar-refractivity contribution >= 4 is 21.4 Å². The summed E-state index contributed by atoms with van der Waals surface area (Å²) < 4.78 is 27.5. The van der Waals surface area contributed by atoms with E-state index in [0.29, 0.717) is 10.8 Å². The molecule has 1 saturated heterocycles. The van der Waals surface area contributed by atoms with E-state index in [0.717, 1.165) is 43.6 Å². The van der Waals surface area contributed by atoms with E-state index >= 15 is 0 Å². The molecule has 0 saturated carbocycles. The lowest BCUT2D eigenvalue weighted by Gasteiger charge is -2.21. The summed E-state index contributed by atoms with van der Waals surface area (Å²) in [6.07, 6.45) is 3.96. The van der Waals surface area contributed by atoms with Gasteiger partial charge in [0, 0.05) is 24.0 Å². The zero-order valence-electron chi connectivity index (χ0n) is 12.3. The average Bonchev–Trinajstić information content (AvgIpc) is 3.08. The highest BCUT2D eigenvalue weighted by atomic mass is 32.2. The maximum Gasteiger partial charge on any atom is 0.252 e. The van der Waals surface area contributed by atoms with Gasteiger partial charge in [0.25, 0.3) is 10.0 Å². The van der Waals surface area contributed by atoms with Gasteiger partial charge < -0.3 is 5.32 Å². The van der Waals surface area contributed by atoms with E-state index in [2.05, 4.69) is 19.2 Å². The summed E-state index contributed by atoms with van der Waals surface area (Å²) >= 11 is 1.40. The summed E-state index contributed by atoms with van der Waals surface area (Å²) in [7, 11) is -3.29. The molecule has 1 atom stereocenters. The summed E-state index contributed by atoms with van der Waals surface area (Å²) in [6, 6.07) is 3.87. The first-order chi connectivity index (χ1) is 9.59. The van der Waals surface area contributed by atoms with Crippen LogP contribution in [0.3, 0.4) is 0 Å². The fraction of sp³-hybridized carbons (Fsp3) is 0.714. The zero-order valence-corrected chi connectivity index (χ0v) is 13.9. The molecule has 2 rings (SSSR count). The topological polar surface area (TPSA) is 49.4 Å². The fourth-order valence-corrected chi connectivity index (χ4v) is 5.85. The van der Waals surface area contributed by atoms with Crippen LogP contribution >= 0.6 is 11.3 Å². The predicted molar refractivity (Wildman–Crippen MR) is 83.5 cm³/mol. The first-order valence-corrected chi connectivity index (χ1v) is 9.66. The van der Waals surface area contributed by atoms with E-state index < -0.39 is 10.0 Å². The van der Waals surface area contributed by atoms with Gasteiger partial charge in [-0.3, -0.25) is 0 Å². The van der Waals surface area contributed by atoms with Crippen LogP contribution in [0, 0.1) is 0 Å². The molecule has 1 unspecified atom stereocenters. The van der Waals surface area contributed by atoms with Crippen molar-refractivity contribution in [3.05, 3.63) is 17.0 Å². The number of hydrogen-bond donors (Lipinski definition) is 1. The first kappa shape index (κ1) is 15.9. The third kappa shape index (κ3) is 3.42. The van der Waals surface area contributed by atoms with Gasteiger partial charge >= 0.3 is 0 Å². The smallest absolute Gasteiger partial charge is 0.252 e. The van der Waals surface area contributed by atoms with Crippen molar-refractivity contribution in [2.45, 2.75) is 56.3 Å². The van der Waals surface area contributed by atoms with Crippen LogP contribution in [0.15, 0.2) is 16.3 Å². The second kappa shape index (κ2) is 7.02. The Morgan fingerprint density at radius 1 is 1.40 bits per heavy atom. The molecule has 1 aliphatic rings. The third-order valence-corrected chi connectivity index (χ3v) is 7.22. The molecular formula is C14H24N2O2S2. The van der Waals surface area contributed by atoms with Crippen molar-refractivity contribution < 1.29 is 8.42 Å². The highest BCUT2D eigenvalue weighted by Crippen LogP contribution is 2.31. The van der Waals surface area contributed by atoms with Crippen molar-refractivity contribution in [3.63, 3.8) is 0 Å². The Labute approximate surface area is 126 Å². The number of rotatable bonds is 7. The van der Waals surface area contributed by atoms with Gasteiger partial charge in [-0.2, -0.15) is 4.31 Å². The Morgan fingerprint density at radius 2 is 2.20 bits per heavy atom. The molecule has 4 nitrogen and oxygen atoms in total. The lowest BCUT2D eigenvalue weighted by Crippen LogP contribution is -2.34. The standard InChI is InChI=1S/C14H24N2O2S2/c1-3-9-15-11-13-7-8-14(19-13)20(17,18)16-10-5-6-12(16)4-2/h7-8,12,15H,3-6,9-11H2,1-2H3. The molecule has 1 aromatic heterocycles. The van der Waals surface area contributed by atoms with Crippen molar-refractivity contribution in [1.29, 1.82) is 0 Å². The Kier molecular flexibility index (Phi) is 5.60. The molecule has 1 aliphatic heterocycles. The molecule has 1 fully saturated rings. The molecule has 2 heterocycles. The Morgan fingerprint density at radius 3 is 2.90 bits per heavy atom. The summed E-state index contributed by atoms with van der Waals surface area (Å²) in [5.74, 6) is 0. The van der Waals surface area contributed by atoms with Gasteiger partial charge in [0.2, 0.25) is 0 Å². The van der Waals surface area contributed by atoms with Crippen LogP contribution in [0.5, 0.6) is 0 Å². The lowest BCUT2D eigenvalue weighted by molar-refractivity contribution is 0.380. The molecule has 6 heteroatoms. The summed E-state index contributed by atoms with van der Waals surface area (Å²) in [5, 5.41) is 3.31. The highest BCUT2D eigenvalue weighted by molar-refractivity contribution is 7.91. The van der Waals surface area contributed by atoms with Gasteiger partial charge in [-0.05, 0) is 44.4 Å². The van der Waals surface area contributed by atoms with Gasteiger partial charge in [0.15, 0.2) is 0 Å². The average molecular weight is 316 g/mol. The molecule has 0 bridgehead atoms. The predicted octanol–water partition coefficient (Wildman–Crippen LogP) is 2.81. The minimum Gasteiger partial charge on any atom is -0.312 e. The number of nitrogens with zero attached hydrogens (tertiary/aromatic N) is 1. The van der Waals surface area contributed by atoms with Crippen LogP contribution in [-0.2, 0) is 16.6 Å². The van der Waals surface area contributed by atoms with Gasteiger partial charge in [-0.15, -0.1) is 11.3 Å². The number of hydrogen-bond acceptors (Lipinski definition) is 4. The number of sulfonamides is 1. The quantitative estimate of drug-likeness (QED) is 0.787. The molecule has 0 aliphatic carbocycles. The van der Waals surface area contributed by atoms with Crippen LogP contribution in [-0.4, -0.2) is 31.9 Å². The Bertz CT molecular complexity index is 525. The van der Waals surface area contributed by atoms with Gasteiger partial charge in [0.1, 0.15) is 4.21 Å². The molecule has 0 spiro atoms. The molecule has 0 radical (unpaired) electrons. The maximum atomic E-state index is 12.7. The maximum absolute atomic E-state index is 12.7. The van der Waals surface area contributed by atoms with Crippen LogP contribution in [0.4, 0.5) is 0 Å². The molecular weight excluding hydrogens is 292 g/mol. The van der Waals surface area contributed by atoms with Crippen LogP contribution in [0.1, 0.15) is 44.4 Å². The SMILES string of the molecule is CCCNCc1ccc(S(=O)(=O)N2CCCC2CC)s1. The summed E-state index contributed by atoms with van der Waals surface area (Å²) in [6.45, 7) is 6.57. The molecule has 1 N–H and O–H groups in total. The Balaban J connectivity index is 2.09. The third-order valence-electron chi connectivity index (χ3n) is 3.72. The van der Waals surface area contributed by atoms with Gasteiger partial charge in [0.05, 0.1) is 0 Å². The van der Waals surface area contributed by atoms with Crippen LogP contribution < -0.4 is 5.32 Å². The second-order valence-corrected chi connectivity index (χ2v) is 8.50. The molecule has 0 aromatic carbocycles. The minimum atomic E-state index is -3.29. The largest absolute Gasteiger partial charge is 0.312 e. The monoisotopic (exact) mass is 316 g/mol. The van der Waals surface area contributed by atoms with Crippen LogP contribution in [0.25, 0.3) is 0 Å². The number of thiophene rings is 1. The highest BCUT2D eigenvalue weighted by Gasteiger charge is 2.34. The van der Waals surface area contributed by atoms with Gasteiger partial charge in [-0.1, -0.05) is 13.8 Å². The first-order valence-electron chi connectivity index (χ1n) is 7.40. The fourth-order valence-electron chi connectivity index (χ4n) is 2.63. The minimum absolute atomic E-state index is 0.184. The van der Waals surface area contributed by atoms with Crippen molar-refractivity contribution in [2.24, 2.45) is 0 Å². The lowest BCUT2D eigenvalue weighted by atomic mass is 10.2. The molecule has 0 amide bonds. The van der Waals surface area contributed by atoms with E-state index in [1.807, 2.05) is 6.07 Å². The molecule has 20 heavy (non-hydrogen) atoms. The zero-order chi connectivity index (χ0) is 14.6. The van der Waals surface area contributed by atoms with Crippen molar-refractivity contribution in [3.8, 4) is 0 Å². The second-order valence-electron chi connectivity index (χ2n) is 5.22. The van der Waals surface area contributed by atoms with Crippen molar-refractivity contribution in [1.82, 2.24) is 9.62 Å². The van der Waals surface area contributed by atoms with E-state index in [-0.39, 0.29) is 6.04 Å². The molecule has 1 aromatic rings. The van der Waals surface area contributed by atoms with E-state index in [4.69, 9.17) is 0 Å². The van der Waals surface area contributed by atoms with E-state index in [1.165, 1.54) is 11.3 Å². The summed E-state index contributed by atoms with van der Waals surface area (Å²) in [4.78, 5) is 1.09. The van der Waals surface area contributed by atoms with E-state index in [9.17, 15) is 8.42 Å². The van der Waals surface area contributed by atoms with Crippen LogP contribution in [0.2, 0.25) is 0 Å². The molecule has 114 valence electrons. The van der Waals surface area contributed by atoms with Gasteiger partial charge in [-0.25, -0.2) is 8.42 Å². The summed E-state index contributed by atoms with van der Waals surface area (Å²) in [5.41, 5.74) is 0. The van der Waals surface area contributed by atoms with Crippen molar-refractivity contribution in [2.75, 3.05) is 13.1 Å².